The van der Waals surface area contributed by atoms with Crippen molar-refractivity contribution in [3.8, 4) is 0 Å². The van der Waals surface area contributed by atoms with Crippen molar-refractivity contribution in [2.24, 2.45) is 0 Å². The summed E-state index contributed by atoms with van der Waals surface area (Å²) in [4.78, 5) is 15.7. The van der Waals surface area contributed by atoms with Gasteiger partial charge in [-0.2, -0.15) is 0 Å². The minimum Gasteiger partial charge on any atom is -0.371 e. The van der Waals surface area contributed by atoms with Gasteiger partial charge in [-0.25, -0.2) is 8.42 Å². The van der Waals surface area contributed by atoms with Crippen molar-refractivity contribution in [1.29, 1.82) is 0 Å². The van der Waals surface area contributed by atoms with E-state index in [1.807, 2.05) is 48.5 Å². The molecule has 0 aliphatic carbocycles. The highest BCUT2D eigenvalue weighted by Crippen LogP contribution is 2.33. The topological polar surface area (TPSA) is 78.5 Å². The Labute approximate surface area is 201 Å². The van der Waals surface area contributed by atoms with Gasteiger partial charge in [-0.1, -0.05) is 60.7 Å². The monoisotopic (exact) mass is 475 g/mol. The Morgan fingerprint density at radius 2 is 1.68 bits per heavy atom. The van der Waals surface area contributed by atoms with Gasteiger partial charge in [0, 0.05) is 24.3 Å². The van der Waals surface area contributed by atoms with Crippen LogP contribution in [0.15, 0.2) is 72.8 Å². The zero-order chi connectivity index (χ0) is 23.5. The van der Waals surface area contributed by atoms with Crippen LogP contribution >= 0.6 is 0 Å². The molecule has 176 valence electrons. The zero-order valence-corrected chi connectivity index (χ0v) is 19.9. The van der Waals surface area contributed by atoms with Crippen LogP contribution in [0.2, 0.25) is 0 Å². The molecular weight excluding hydrogens is 446 g/mol. The smallest absolute Gasteiger partial charge is 0.237 e. The molecule has 6 nitrogen and oxygen atoms in total. The number of nitrogens with one attached hydrogen (secondary N) is 2. The first-order valence-corrected chi connectivity index (χ1v) is 13.4. The van der Waals surface area contributed by atoms with Crippen molar-refractivity contribution in [1.82, 2.24) is 5.32 Å². The van der Waals surface area contributed by atoms with Gasteiger partial charge in [0.1, 0.15) is 0 Å². The third-order valence-corrected chi connectivity index (χ3v) is 7.75. The average Bonchev–Trinajstić information content (AvgIpc) is 3.17. The lowest BCUT2D eigenvalue weighted by Gasteiger charge is -2.33. The van der Waals surface area contributed by atoms with Gasteiger partial charge in [-0.3, -0.25) is 9.52 Å². The van der Waals surface area contributed by atoms with Crippen LogP contribution in [0.25, 0.3) is 0 Å². The largest absolute Gasteiger partial charge is 0.371 e. The number of piperidine rings is 1. The lowest BCUT2D eigenvalue weighted by atomic mass is 9.95. The van der Waals surface area contributed by atoms with Gasteiger partial charge < -0.3 is 10.2 Å². The summed E-state index contributed by atoms with van der Waals surface area (Å²) in [5, 5.41) is 3.26. The van der Waals surface area contributed by atoms with Crippen molar-refractivity contribution in [2.45, 2.75) is 37.5 Å². The molecule has 1 fully saturated rings. The number of hydrogen-bond acceptors (Lipinski definition) is 4. The fourth-order valence-electron chi connectivity index (χ4n) is 4.92. The third kappa shape index (κ3) is 4.94. The highest BCUT2D eigenvalue weighted by molar-refractivity contribution is 7.92. The first kappa shape index (κ1) is 22.5. The molecule has 34 heavy (non-hydrogen) atoms. The fourth-order valence-corrected chi connectivity index (χ4v) is 6.18. The number of fused-ring (bicyclic) bond motifs is 1. The molecule has 0 bridgehead atoms. The normalized spacial score (nSPS) is 17.5. The summed E-state index contributed by atoms with van der Waals surface area (Å²) in [6.07, 6.45) is 3.80. The number of hydrogen-bond donors (Lipinski definition) is 2. The van der Waals surface area contributed by atoms with Crippen LogP contribution in [-0.2, 0) is 27.0 Å². The number of para-hydroxylation sites is 1. The Morgan fingerprint density at radius 3 is 2.47 bits per heavy atom. The van der Waals surface area contributed by atoms with E-state index in [9.17, 15) is 13.2 Å². The second-order valence-corrected chi connectivity index (χ2v) is 10.8. The number of nitrogens with zero attached hydrogens (tertiary/aromatic N) is 1. The van der Waals surface area contributed by atoms with E-state index in [0.29, 0.717) is 11.3 Å². The molecule has 5 rings (SSSR count). The van der Waals surface area contributed by atoms with Crippen LogP contribution in [0, 0.1) is 0 Å². The Hall–Kier alpha value is -3.32. The summed E-state index contributed by atoms with van der Waals surface area (Å²) in [6.45, 7) is 2.05. The molecule has 3 aromatic carbocycles. The Bertz CT molecular complexity index is 1290. The van der Waals surface area contributed by atoms with Crippen LogP contribution in [0.4, 0.5) is 11.4 Å². The highest BCUT2D eigenvalue weighted by atomic mass is 32.2. The molecule has 1 amide bonds. The average molecular weight is 476 g/mol. The van der Waals surface area contributed by atoms with Gasteiger partial charge in [0.25, 0.3) is 0 Å². The quantitative estimate of drug-likeness (QED) is 0.555. The second kappa shape index (κ2) is 9.50. The molecule has 1 atom stereocenters. The molecule has 7 heteroatoms. The van der Waals surface area contributed by atoms with Gasteiger partial charge in [0.2, 0.25) is 15.9 Å². The maximum Gasteiger partial charge on any atom is 0.237 e. The molecule has 2 aliphatic rings. The standard InChI is InChI=1S/C27H29N3O3S/c31-26(18-20-13-14-24-22(17-20)19-34(32,33)29-24)28-27(21-9-3-1-4-10-21)23-11-5-6-12-25(23)30-15-7-2-8-16-30/h1,3-6,9-14,17,27,29H,2,7-8,15-16,18-19H2,(H,28,31). The molecule has 0 aromatic heterocycles. The van der Waals surface area contributed by atoms with Crippen LogP contribution < -0.4 is 14.9 Å². The van der Waals surface area contributed by atoms with Gasteiger partial charge in [0.05, 0.1) is 23.9 Å². The molecule has 0 saturated carbocycles. The number of rotatable bonds is 6. The molecule has 0 radical (unpaired) electrons. The lowest BCUT2D eigenvalue weighted by Crippen LogP contribution is -2.34. The van der Waals surface area contributed by atoms with E-state index in [-0.39, 0.29) is 24.1 Å². The SMILES string of the molecule is O=C(Cc1ccc2c(c1)CS(=O)(=O)N2)NC(c1ccccc1)c1ccccc1N1CCCCC1. The second-order valence-electron chi connectivity index (χ2n) is 9.05. The molecule has 3 aromatic rings. The molecule has 0 spiro atoms. The number of carbonyl (C=O) groups is 1. The van der Waals surface area contributed by atoms with Crippen molar-refractivity contribution in [3.63, 3.8) is 0 Å². The summed E-state index contributed by atoms with van der Waals surface area (Å²) in [5.74, 6) is -0.149. The first-order chi connectivity index (χ1) is 16.5. The molecular formula is C27H29N3O3S. The van der Waals surface area contributed by atoms with Crippen LogP contribution in [0.1, 0.15) is 47.6 Å². The van der Waals surface area contributed by atoms with Crippen molar-refractivity contribution in [2.75, 3.05) is 22.7 Å². The molecule has 2 heterocycles. The fraction of sp³-hybridized carbons (Fsp3) is 0.296. The predicted molar refractivity (Wildman–Crippen MR) is 135 cm³/mol. The van der Waals surface area contributed by atoms with E-state index in [4.69, 9.17) is 0 Å². The van der Waals surface area contributed by atoms with Gasteiger partial charge in [-0.05, 0) is 48.1 Å². The summed E-state index contributed by atoms with van der Waals surface area (Å²) < 4.78 is 26.2. The van der Waals surface area contributed by atoms with Crippen LogP contribution in [0.3, 0.4) is 0 Å². The van der Waals surface area contributed by atoms with Crippen LogP contribution in [-0.4, -0.2) is 27.4 Å². The van der Waals surface area contributed by atoms with Crippen molar-refractivity contribution in [3.05, 3.63) is 95.1 Å². The molecule has 2 aliphatic heterocycles. The van der Waals surface area contributed by atoms with E-state index in [2.05, 4.69) is 33.1 Å². The number of sulfonamides is 1. The number of amides is 1. The zero-order valence-electron chi connectivity index (χ0n) is 19.0. The van der Waals surface area contributed by atoms with E-state index >= 15 is 0 Å². The van der Waals surface area contributed by atoms with Crippen molar-refractivity contribution >= 4 is 27.3 Å². The van der Waals surface area contributed by atoms with E-state index < -0.39 is 10.0 Å². The highest BCUT2D eigenvalue weighted by Gasteiger charge is 2.25. The maximum atomic E-state index is 13.2. The Morgan fingerprint density at radius 1 is 0.941 bits per heavy atom. The molecule has 2 N–H and O–H groups in total. The van der Waals surface area contributed by atoms with E-state index in [1.165, 1.54) is 24.9 Å². The number of benzene rings is 3. The van der Waals surface area contributed by atoms with Crippen LogP contribution in [0.5, 0.6) is 0 Å². The van der Waals surface area contributed by atoms with Gasteiger partial charge in [0.15, 0.2) is 0 Å². The summed E-state index contributed by atoms with van der Waals surface area (Å²) >= 11 is 0. The number of anilines is 2. The number of carbonyl (C=O) groups excluding carboxylic acids is 1. The lowest BCUT2D eigenvalue weighted by molar-refractivity contribution is -0.120. The summed E-state index contributed by atoms with van der Waals surface area (Å²) in [6, 6.07) is 23.5. The first-order valence-electron chi connectivity index (χ1n) is 11.8. The molecule has 1 saturated heterocycles. The van der Waals surface area contributed by atoms with Gasteiger partial charge >= 0.3 is 0 Å². The molecule has 1 unspecified atom stereocenters. The summed E-state index contributed by atoms with van der Waals surface area (Å²) in [5.41, 5.74) is 5.40. The maximum absolute atomic E-state index is 13.2. The predicted octanol–water partition coefficient (Wildman–Crippen LogP) is 4.38. The third-order valence-electron chi connectivity index (χ3n) is 6.53. The summed E-state index contributed by atoms with van der Waals surface area (Å²) in [7, 11) is -3.31. The Kier molecular flexibility index (Phi) is 6.28. The van der Waals surface area contributed by atoms with Gasteiger partial charge in [-0.15, -0.1) is 0 Å². The van der Waals surface area contributed by atoms with E-state index in [0.717, 1.165) is 29.8 Å². The van der Waals surface area contributed by atoms with Crippen molar-refractivity contribution < 1.29 is 13.2 Å². The minimum absolute atomic E-state index is 0.0480. The Balaban J connectivity index is 1.41. The van der Waals surface area contributed by atoms with E-state index in [1.54, 1.807) is 6.07 Å². The minimum atomic E-state index is -3.31.